The van der Waals surface area contributed by atoms with Crippen LogP contribution in [0.2, 0.25) is 0 Å². The molecule has 1 unspecified atom stereocenters. The van der Waals surface area contributed by atoms with Crippen molar-refractivity contribution in [2.24, 2.45) is 0 Å². The zero-order valence-electron chi connectivity index (χ0n) is 14.1. The number of halogens is 2. The van der Waals surface area contributed by atoms with Crippen molar-refractivity contribution in [3.8, 4) is 5.75 Å². The van der Waals surface area contributed by atoms with Crippen LogP contribution >= 0.6 is 0 Å². The second-order valence-electron chi connectivity index (χ2n) is 5.92. The molecule has 1 aliphatic heterocycles. The van der Waals surface area contributed by atoms with E-state index in [1.165, 1.54) is 6.07 Å². The fourth-order valence-electron chi connectivity index (χ4n) is 2.78. The van der Waals surface area contributed by atoms with E-state index >= 15 is 0 Å². The van der Waals surface area contributed by atoms with Crippen LogP contribution in [-0.2, 0) is 16.0 Å². The van der Waals surface area contributed by atoms with Gasteiger partial charge in [0.1, 0.15) is 11.9 Å². The third-order valence-electron chi connectivity index (χ3n) is 4.00. The van der Waals surface area contributed by atoms with Crippen molar-refractivity contribution in [1.29, 1.82) is 0 Å². The molecule has 1 atom stereocenters. The second kappa shape index (κ2) is 8.73. The van der Waals surface area contributed by atoms with Crippen LogP contribution in [0.1, 0.15) is 11.1 Å². The van der Waals surface area contributed by atoms with Gasteiger partial charge in [0, 0.05) is 30.8 Å². The lowest BCUT2D eigenvalue weighted by molar-refractivity contribution is -0.128. The molecule has 2 aromatic carbocycles. The highest BCUT2D eigenvalue weighted by Crippen LogP contribution is 2.27. The van der Waals surface area contributed by atoms with Gasteiger partial charge in [0.15, 0.2) is 0 Å². The van der Waals surface area contributed by atoms with Gasteiger partial charge in [-0.25, -0.2) is 0 Å². The zero-order valence-corrected chi connectivity index (χ0v) is 14.1. The fourth-order valence-corrected chi connectivity index (χ4v) is 2.78. The van der Waals surface area contributed by atoms with E-state index < -0.39 is 12.7 Å². The van der Waals surface area contributed by atoms with Crippen LogP contribution < -0.4 is 15.4 Å². The lowest BCUT2D eigenvalue weighted by Gasteiger charge is -2.23. The molecule has 0 radical (unpaired) electrons. The number of carbonyl (C=O) groups excluding carboxylic acids is 1. The zero-order chi connectivity index (χ0) is 18.4. The Hall–Kier alpha value is -2.51. The molecule has 26 heavy (non-hydrogen) atoms. The van der Waals surface area contributed by atoms with Gasteiger partial charge in [0.05, 0.1) is 6.61 Å². The Bertz CT molecular complexity index is 735. The first-order valence-electron chi connectivity index (χ1n) is 8.36. The Morgan fingerprint density at radius 1 is 1.27 bits per heavy atom. The first-order chi connectivity index (χ1) is 12.6. The summed E-state index contributed by atoms with van der Waals surface area (Å²) in [5, 5.41) is 5.86. The van der Waals surface area contributed by atoms with E-state index in [2.05, 4.69) is 15.4 Å². The van der Waals surface area contributed by atoms with Crippen LogP contribution in [0.15, 0.2) is 48.5 Å². The van der Waals surface area contributed by atoms with Gasteiger partial charge in [-0.3, -0.25) is 4.79 Å². The summed E-state index contributed by atoms with van der Waals surface area (Å²) in [5.74, 6) is -0.178. The number of alkyl halides is 2. The monoisotopic (exact) mass is 362 g/mol. The second-order valence-corrected chi connectivity index (χ2v) is 5.92. The molecule has 3 rings (SSSR count). The van der Waals surface area contributed by atoms with Gasteiger partial charge in [-0.05, 0) is 23.8 Å². The van der Waals surface area contributed by atoms with Gasteiger partial charge in [-0.1, -0.05) is 30.3 Å². The predicted octanol–water partition coefficient (Wildman–Crippen LogP) is 2.81. The van der Waals surface area contributed by atoms with Crippen molar-refractivity contribution in [2.75, 3.05) is 25.0 Å². The predicted molar refractivity (Wildman–Crippen MR) is 93.6 cm³/mol. The summed E-state index contributed by atoms with van der Waals surface area (Å²) in [7, 11) is 0. The summed E-state index contributed by atoms with van der Waals surface area (Å²) in [6.07, 6.45) is -0.160. The maximum absolute atomic E-state index is 12.7. The first kappa shape index (κ1) is 18.3. The number of ether oxygens (including phenoxy) is 2. The summed E-state index contributed by atoms with van der Waals surface area (Å²) >= 11 is 0. The molecule has 0 aromatic heterocycles. The number of benzene rings is 2. The quantitative estimate of drug-likeness (QED) is 0.830. The van der Waals surface area contributed by atoms with Crippen molar-refractivity contribution in [1.82, 2.24) is 5.32 Å². The SMILES string of the molecule is O=C(Nc1ccc(OC(F)F)c(Cc2ccccc2)c1)C1CNCCO1. The van der Waals surface area contributed by atoms with Gasteiger partial charge in [0.2, 0.25) is 0 Å². The topological polar surface area (TPSA) is 59.6 Å². The summed E-state index contributed by atoms with van der Waals surface area (Å²) < 4.78 is 35.4. The van der Waals surface area contributed by atoms with Crippen molar-refractivity contribution in [2.45, 2.75) is 19.1 Å². The average Bonchev–Trinajstić information content (AvgIpc) is 2.65. The Labute approximate surface area is 150 Å². The highest BCUT2D eigenvalue weighted by molar-refractivity contribution is 5.94. The molecule has 1 heterocycles. The van der Waals surface area contributed by atoms with E-state index in [0.717, 1.165) is 5.56 Å². The number of carbonyl (C=O) groups is 1. The molecule has 1 fully saturated rings. The molecule has 1 amide bonds. The van der Waals surface area contributed by atoms with E-state index in [9.17, 15) is 13.6 Å². The third kappa shape index (κ3) is 5.00. The number of nitrogens with one attached hydrogen (secondary N) is 2. The summed E-state index contributed by atoms with van der Waals surface area (Å²) in [4.78, 5) is 12.3. The lowest BCUT2D eigenvalue weighted by atomic mass is 10.0. The molecule has 2 N–H and O–H groups in total. The maximum Gasteiger partial charge on any atom is 0.387 e. The molecule has 0 saturated carbocycles. The van der Waals surface area contributed by atoms with E-state index in [0.29, 0.717) is 37.4 Å². The van der Waals surface area contributed by atoms with Crippen molar-refractivity contribution < 1.29 is 23.0 Å². The minimum atomic E-state index is -2.91. The smallest absolute Gasteiger partial charge is 0.387 e. The molecule has 7 heteroatoms. The highest BCUT2D eigenvalue weighted by atomic mass is 19.3. The molecule has 5 nitrogen and oxygen atoms in total. The van der Waals surface area contributed by atoms with E-state index in [1.54, 1.807) is 12.1 Å². The standard InChI is InChI=1S/C19H20F2N2O3/c20-19(21)26-16-7-6-15(23-18(24)17-12-22-8-9-25-17)11-14(16)10-13-4-2-1-3-5-13/h1-7,11,17,19,22H,8-10,12H2,(H,23,24). The van der Waals surface area contributed by atoms with Crippen LogP contribution in [0.3, 0.4) is 0 Å². The number of anilines is 1. The van der Waals surface area contributed by atoms with E-state index in [1.807, 2.05) is 30.3 Å². The number of morpholine rings is 1. The van der Waals surface area contributed by atoms with Gasteiger partial charge in [-0.15, -0.1) is 0 Å². The van der Waals surface area contributed by atoms with Crippen LogP contribution in [0.4, 0.5) is 14.5 Å². The molecular formula is C19H20F2N2O3. The minimum Gasteiger partial charge on any atom is -0.435 e. The maximum atomic E-state index is 12.7. The first-order valence-corrected chi connectivity index (χ1v) is 8.36. The van der Waals surface area contributed by atoms with Gasteiger partial charge in [0.25, 0.3) is 5.91 Å². The molecule has 138 valence electrons. The summed E-state index contributed by atoms with van der Waals surface area (Å²) in [6, 6.07) is 14.1. The number of amides is 1. The minimum absolute atomic E-state index is 0.0948. The van der Waals surface area contributed by atoms with Crippen molar-refractivity contribution in [3.63, 3.8) is 0 Å². The van der Waals surface area contributed by atoms with Gasteiger partial charge < -0.3 is 20.1 Å². The molecule has 1 aliphatic rings. The summed E-state index contributed by atoms with van der Waals surface area (Å²) in [5.41, 5.74) is 2.03. The normalized spacial score (nSPS) is 17.1. The number of hydrogen-bond donors (Lipinski definition) is 2. The van der Waals surface area contributed by atoms with Crippen LogP contribution in [-0.4, -0.2) is 38.3 Å². The Kier molecular flexibility index (Phi) is 6.14. The summed E-state index contributed by atoms with van der Waals surface area (Å²) in [6.45, 7) is -1.29. The Morgan fingerprint density at radius 2 is 2.08 bits per heavy atom. The van der Waals surface area contributed by atoms with Crippen molar-refractivity contribution >= 4 is 11.6 Å². The van der Waals surface area contributed by atoms with Gasteiger partial charge >= 0.3 is 6.61 Å². The highest BCUT2D eigenvalue weighted by Gasteiger charge is 2.22. The molecule has 0 spiro atoms. The van der Waals surface area contributed by atoms with Crippen LogP contribution in [0, 0.1) is 0 Å². The number of rotatable bonds is 6. The molecule has 0 bridgehead atoms. The van der Waals surface area contributed by atoms with Gasteiger partial charge in [-0.2, -0.15) is 8.78 Å². The van der Waals surface area contributed by atoms with E-state index in [4.69, 9.17) is 4.74 Å². The van der Waals surface area contributed by atoms with Crippen LogP contribution in [0.5, 0.6) is 5.75 Å². The van der Waals surface area contributed by atoms with E-state index in [-0.39, 0.29) is 11.7 Å². The third-order valence-corrected chi connectivity index (χ3v) is 4.00. The molecular weight excluding hydrogens is 342 g/mol. The largest absolute Gasteiger partial charge is 0.435 e. The lowest BCUT2D eigenvalue weighted by Crippen LogP contribution is -2.45. The Morgan fingerprint density at radius 3 is 2.77 bits per heavy atom. The van der Waals surface area contributed by atoms with Crippen molar-refractivity contribution in [3.05, 3.63) is 59.7 Å². The number of hydrogen-bond acceptors (Lipinski definition) is 4. The van der Waals surface area contributed by atoms with Crippen LogP contribution in [0.25, 0.3) is 0 Å². The molecule has 1 saturated heterocycles. The fraction of sp³-hybridized carbons (Fsp3) is 0.316. The average molecular weight is 362 g/mol. The molecule has 2 aromatic rings. The Balaban J connectivity index is 1.78. The molecule has 0 aliphatic carbocycles.